The lowest BCUT2D eigenvalue weighted by molar-refractivity contribution is 0.475. The molecule has 0 aliphatic rings. The summed E-state index contributed by atoms with van der Waals surface area (Å²) >= 11 is 5.94. The number of nitrogens with zero attached hydrogens (tertiary/aromatic N) is 3. The van der Waals surface area contributed by atoms with Crippen molar-refractivity contribution in [1.29, 1.82) is 0 Å². The van der Waals surface area contributed by atoms with E-state index in [1.54, 1.807) is 30.6 Å². The largest absolute Gasteiger partial charge is 0.508 e. The molecule has 0 spiro atoms. The summed E-state index contributed by atoms with van der Waals surface area (Å²) in [5.74, 6) is 0.0964. The highest BCUT2D eigenvalue weighted by Crippen LogP contribution is 2.32. The van der Waals surface area contributed by atoms with E-state index in [0.29, 0.717) is 10.7 Å². The molecule has 6 heteroatoms. The molecule has 0 amide bonds. The highest BCUT2D eigenvalue weighted by atomic mass is 35.5. The van der Waals surface area contributed by atoms with Crippen LogP contribution in [0.25, 0.3) is 22.5 Å². The molecule has 0 unspecified atom stereocenters. The standard InChI is InChI=1S/C13H9ClN4O/c14-9-3-8(4-10(19)5-9)13-11(6-17-18-13)12-1-2-15-7-16-12/h1-7,19H,(H,17,18). The quantitative estimate of drug-likeness (QED) is 0.752. The molecule has 0 aliphatic carbocycles. The van der Waals surface area contributed by atoms with Crippen molar-refractivity contribution in [2.24, 2.45) is 0 Å². The number of phenolic OH excluding ortho intramolecular Hbond substituents is 1. The molecule has 19 heavy (non-hydrogen) atoms. The first-order valence-corrected chi connectivity index (χ1v) is 5.92. The number of nitrogens with one attached hydrogen (secondary N) is 1. The molecule has 2 N–H and O–H groups in total. The number of aromatic amines is 1. The number of phenols is 1. The van der Waals surface area contributed by atoms with Crippen LogP contribution in [0.3, 0.4) is 0 Å². The van der Waals surface area contributed by atoms with Crippen molar-refractivity contribution in [1.82, 2.24) is 20.2 Å². The predicted octanol–water partition coefficient (Wildman–Crippen LogP) is 2.89. The maximum Gasteiger partial charge on any atom is 0.117 e. The Balaban J connectivity index is 2.15. The van der Waals surface area contributed by atoms with Crippen molar-refractivity contribution in [3.05, 3.63) is 48.0 Å². The highest BCUT2D eigenvalue weighted by Gasteiger charge is 2.12. The van der Waals surface area contributed by atoms with Gasteiger partial charge in [0, 0.05) is 28.5 Å². The van der Waals surface area contributed by atoms with Gasteiger partial charge in [0.2, 0.25) is 0 Å². The van der Waals surface area contributed by atoms with Gasteiger partial charge in [0.15, 0.2) is 0 Å². The zero-order chi connectivity index (χ0) is 13.2. The number of aromatic nitrogens is 4. The summed E-state index contributed by atoms with van der Waals surface area (Å²) in [4.78, 5) is 8.07. The monoisotopic (exact) mass is 272 g/mol. The molecule has 2 aromatic heterocycles. The second-order valence-corrected chi connectivity index (χ2v) is 4.38. The van der Waals surface area contributed by atoms with Gasteiger partial charge < -0.3 is 5.11 Å². The number of benzene rings is 1. The van der Waals surface area contributed by atoms with Crippen LogP contribution in [0, 0.1) is 0 Å². The van der Waals surface area contributed by atoms with Crippen LogP contribution in [0.2, 0.25) is 5.02 Å². The zero-order valence-corrected chi connectivity index (χ0v) is 10.5. The predicted molar refractivity (Wildman–Crippen MR) is 71.7 cm³/mol. The Morgan fingerprint density at radius 1 is 1.21 bits per heavy atom. The fraction of sp³-hybridized carbons (Fsp3) is 0. The summed E-state index contributed by atoms with van der Waals surface area (Å²) < 4.78 is 0. The van der Waals surface area contributed by atoms with Gasteiger partial charge in [0.25, 0.3) is 0 Å². The molecule has 3 aromatic rings. The molecular weight excluding hydrogens is 264 g/mol. The molecule has 94 valence electrons. The van der Waals surface area contributed by atoms with E-state index in [2.05, 4.69) is 20.2 Å². The zero-order valence-electron chi connectivity index (χ0n) is 9.71. The third-order valence-electron chi connectivity index (χ3n) is 2.65. The minimum absolute atomic E-state index is 0.0964. The molecule has 0 fully saturated rings. The van der Waals surface area contributed by atoms with Crippen LogP contribution < -0.4 is 0 Å². The Bertz CT molecular complexity index is 691. The summed E-state index contributed by atoms with van der Waals surface area (Å²) in [6, 6.07) is 6.61. The van der Waals surface area contributed by atoms with Crippen LogP contribution in [0.1, 0.15) is 0 Å². The van der Waals surface area contributed by atoms with Gasteiger partial charge in [0.05, 0.1) is 5.69 Å². The second-order valence-electron chi connectivity index (χ2n) is 3.94. The average Bonchev–Trinajstić information content (AvgIpc) is 2.88. The van der Waals surface area contributed by atoms with Gasteiger partial charge in [-0.15, -0.1) is 0 Å². The van der Waals surface area contributed by atoms with Crippen LogP contribution in [0.5, 0.6) is 5.75 Å². The molecule has 1 aromatic carbocycles. The number of rotatable bonds is 2. The molecule has 3 rings (SSSR count). The van der Waals surface area contributed by atoms with Crippen molar-refractivity contribution in [3.8, 4) is 28.3 Å². The van der Waals surface area contributed by atoms with Crippen molar-refractivity contribution < 1.29 is 5.11 Å². The van der Waals surface area contributed by atoms with Gasteiger partial charge in [-0.3, -0.25) is 5.10 Å². The van der Waals surface area contributed by atoms with E-state index in [4.69, 9.17) is 11.6 Å². The number of aromatic hydroxyl groups is 1. The van der Waals surface area contributed by atoms with E-state index in [0.717, 1.165) is 16.8 Å². The van der Waals surface area contributed by atoms with E-state index < -0.39 is 0 Å². The van der Waals surface area contributed by atoms with Gasteiger partial charge in [-0.1, -0.05) is 11.6 Å². The Morgan fingerprint density at radius 2 is 2.11 bits per heavy atom. The smallest absolute Gasteiger partial charge is 0.117 e. The molecule has 0 saturated heterocycles. The van der Waals surface area contributed by atoms with E-state index in [-0.39, 0.29) is 5.75 Å². The lowest BCUT2D eigenvalue weighted by Gasteiger charge is -2.03. The van der Waals surface area contributed by atoms with Gasteiger partial charge in [0.1, 0.15) is 17.8 Å². The van der Waals surface area contributed by atoms with Crippen LogP contribution in [-0.4, -0.2) is 25.3 Å². The molecule has 2 heterocycles. The maximum absolute atomic E-state index is 9.61. The molecule has 0 bridgehead atoms. The lowest BCUT2D eigenvalue weighted by Crippen LogP contribution is -1.86. The van der Waals surface area contributed by atoms with Crippen LogP contribution in [-0.2, 0) is 0 Å². The summed E-state index contributed by atoms with van der Waals surface area (Å²) in [6.45, 7) is 0. The first-order chi connectivity index (χ1) is 9.24. The first kappa shape index (κ1) is 11.7. The summed E-state index contributed by atoms with van der Waals surface area (Å²) in [6.07, 6.45) is 4.88. The Kier molecular flexibility index (Phi) is 2.89. The van der Waals surface area contributed by atoms with Crippen LogP contribution in [0.15, 0.2) is 43.0 Å². The number of halogens is 1. The molecule has 0 atom stereocenters. The van der Waals surface area contributed by atoms with Crippen molar-refractivity contribution in [2.75, 3.05) is 0 Å². The SMILES string of the molecule is Oc1cc(Cl)cc(-c2n[nH]cc2-c2ccncn2)c1. The van der Waals surface area contributed by atoms with Crippen molar-refractivity contribution in [3.63, 3.8) is 0 Å². The summed E-state index contributed by atoms with van der Waals surface area (Å²) in [7, 11) is 0. The van der Waals surface area contributed by atoms with Crippen LogP contribution in [0.4, 0.5) is 0 Å². The fourth-order valence-corrected chi connectivity index (χ4v) is 2.10. The number of H-pyrrole nitrogens is 1. The Labute approximate surface area is 113 Å². The van der Waals surface area contributed by atoms with E-state index in [9.17, 15) is 5.11 Å². The van der Waals surface area contributed by atoms with Gasteiger partial charge >= 0.3 is 0 Å². The van der Waals surface area contributed by atoms with E-state index in [1.165, 1.54) is 12.4 Å². The van der Waals surface area contributed by atoms with Gasteiger partial charge in [-0.05, 0) is 24.3 Å². The molecule has 0 radical (unpaired) electrons. The van der Waals surface area contributed by atoms with E-state index in [1.807, 2.05) is 0 Å². The minimum atomic E-state index is 0.0964. The fourth-order valence-electron chi connectivity index (χ4n) is 1.87. The van der Waals surface area contributed by atoms with Crippen molar-refractivity contribution >= 4 is 11.6 Å². The average molecular weight is 273 g/mol. The Hall–Kier alpha value is -2.40. The third-order valence-corrected chi connectivity index (χ3v) is 2.87. The molecule has 0 saturated carbocycles. The molecule has 5 nitrogen and oxygen atoms in total. The second kappa shape index (κ2) is 4.70. The summed E-state index contributed by atoms with van der Waals surface area (Å²) in [5, 5.41) is 17.0. The number of hydrogen-bond donors (Lipinski definition) is 2. The third kappa shape index (κ3) is 2.28. The van der Waals surface area contributed by atoms with Gasteiger partial charge in [-0.2, -0.15) is 5.10 Å². The lowest BCUT2D eigenvalue weighted by atomic mass is 10.1. The normalized spacial score (nSPS) is 10.6. The Morgan fingerprint density at radius 3 is 2.84 bits per heavy atom. The van der Waals surface area contributed by atoms with Crippen LogP contribution >= 0.6 is 11.6 Å². The van der Waals surface area contributed by atoms with Crippen molar-refractivity contribution in [2.45, 2.75) is 0 Å². The highest BCUT2D eigenvalue weighted by molar-refractivity contribution is 6.31. The number of hydrogen-bond acceptors (Lipinski definition) is 4. The topological polar surface area (TPSA) is 74.7 Å². The molecular formula is C13H9ClN4O. The summed E-state index contributed by atoms with van der Waals surface area (Å²) in [5.41, 5.74) is 2.97. The maximum atomic E-state index is 9.61. The first-order valence-electron chi connectivity index (χ1n) is 5.54. The van der Waals surface area contributed by atoms with E-state index >= 15 is 0 Å². The van der Waals surface area contributed by atoms with Gasteiger partial charge in [-0.25, -0.2) is 9.97 Å². The minimum Gasteiger partial charge on any atom is -0.508 e. The molecule has 0 aliphatic heterocycles.